The summed E-state index contributed by atoms with van der Waals surface area (Å²) < 4.78 is 44.1. The molecule has 0 aliphatic carbocycles. The van der Waals surface area contributed by atoms with Crippen LogP contribution >= 0.6 is 0 Å². The zero-order chi connectivity index (χ0) is 18.6. The number of alkyl halides is 3. The molecule has 0 N–H and O–H groups in total. The van der Waals surface area contributed by atoms with Gasteiger partial charge in [0, 0.05) is 23.4 Å². The predicted molar refractivity (Wildman–Crippen MR) is 93.4 cm³/mol. The van der Waals surface area contributed by atoms with E-state index in [0.717, 1.165) is 17.7 Å². The molecule has 0 aliphatic heterocycles. The number of aromatic nitrogens is 1. The largest absolute Gasteiger partial charge is 0.473 e. The number of benzene rings is 2. The van der Waals surface area contributed by atoms with Crippen LogP contribution in [0.4, 0.5) is 13.2 Å². The summed E-state index contributed by atoms with van der Waals surface area (Å²) in [4.78, 5) is 4.20. The van der Waals surface area contributed by atoms with Crippen LogP contribution in [0.1, 0.15) is 16.7 Å². The van der Waals surface area contributed by atoms with Crippen LogP contribution in [-0.4, -0.2) is 4.98 Å². The first-order valence-corrected chi connectivity index (χ1v) is 7.78. The maximum Gasteiger partial charge on any atom is 0.416 e. The summed E-state index contributed by atoms with van der Waals surface area (Å²) in [7, 11) is 0. The van der Waals surface area contributed by atoms with E-state index in [1.165, 1.54) is 12.3 Å². The Morgan fingerprint density at radius 1 is 1.00 bits per heavy atom. The van der Waals surface area contributed by atoms with Gasteiger partial charge in [0.1, 0.15) is 6.61 Å². The average Bonchev–Trinajstić information content (AvgIpc) is 2.66. The highest BCUT2D eigenvalue weighted by atomic mass is 19.4. The quantitative estimate of drug-likeness (QED) is 0.592. The van der Waals surface area contributed by atoms with Crippen LogP contribution in [0.3, 0.4) is 0 Å². The fourth-order valence-corrected chi connectivity index (χ4v) is 2.45. The van der Waals surface area contributed by atoms with Crippen molar-refractivity contribution in [2.24, 2.45) is 0 Å². The number of ether oxygens (including phenoxy) is 1. The molecule has 2 nitrogen and oxygen atoms in total. The van der Waals surface area contributed by atoms with Gasteiger partial charge in [0.05, 0.1) is 5.56 Å². The zero-order valence-corrected chi connectivity index (χ0v) is 13.6. The van der Waals surface area contributed by atoms with Gasteiger partial charge in [0.15, 0.2) is 0 Å². The van der Waals surface area contributed by atoms with Crippen LogP contribution in [0.2, 0.25) is 0 Å². The summed E-state index contributed by atoms with van der Waals surface area (Å²) in [5.41, 5.74) is 1.54. The molecule has 5 heteroatoms. The second kappa shape index (κ2) is 7.32. The molecule has 0 unspecified atom stereocenters. The first-order valence-electron chi connectivity index (χ1n) is 7.78. The molecule has 0 saturated carbocycles. The van der Waals surface area contributed by atoms with Gasteiger partial charge in [-0.15, -0.1) is 6.42 Å². The maximum absolute atomic E-state index is 12.8. The Bertz CT molecular complexity index is 926. The summed E-state index contributed by atoms with van der Waals surface area (Å²) in [6, 6.07) is 16.4. The lowest BCUT2D eigenvalue weighted by atomic mass is 9.99. The van der Waals surface area contributed by atoms with E-state index in [2.05, 4.69) is 10.9 Å². The minimum absolute atomic E-state index is 0.166. The zero-order valence-electron chi connectivity index (χ0n) is 13.6. The van der Waals surface area contributed by atoms with Gasteiger partial charge in [-0.05, 0) is 29.3 Å². The predicted octanol–water partition coefficient (Wildman–Crippen LogP) is 5.33. The number of rotatable bonds is 4. The van der Waals surface area contributed by atoms with E-state index in [1.54, 1.807) is 12.1 Å². The third-order valence-corrected chi connectivity index (χ3v) is 3.78. The number of pyridine rings is 1. The summed E-state index contributed by atoms with van der Waals surface area (Å²) in [6.07, 6.45) is 2.48. The van der Waals surface area contributed by atoms with Crippen molar-refractivity contribution in [2.45, 2.75) is 12.8 Å². The molecule has 0 amide bonds. The minimum Gasteiger partial charge on any atom is -0.473 e. The third kappa shape index (κ3) is 4.04. The number of hydrogen-bond donors (Lipinski definition) is 0. The first-order chi connectivity index (χ1) is 12.5. The molecule has 0 radical (unpaired) electrons. The Balaban J connectivity index is 1.79. The third-order valence-electron chi connectivity index (χ3n) is 3.78. The van der Waals surface area contributed by atoms with E-state index in [9.17, 15) is 13.2 Å². The standard InChI is InChI=1S/C21H14F3NO/c1-2-16-12-18(21(22,23)24)9-10-19(16)17-8-11-20(25-13-17)26-14-15-6-4-3-5-7-15/h1,3-13H,14H2. The van der Waals surface area contributed by atoms with Crippen LogP contribution in [0.15, 0.2) is 66.9 Å². The molecule has 0 atom stereocenters. The molecule has 1 heterocycles. The second-order valence-electron chi connectivity index (χ2n) is 5.56. The fraction of sp³-hybridized carbons (Fsp3) is 0.0952. The normalized spacial score (nSPS) is 11.0. The van der Waals surface area contributed by atoms with Crippen molar-refractivity contribution in [3.63, 3.8) is 0 Å². The molecule has 130 valence electrons. The molecule has 0 fully saturated rings. The second-order valence-corrected chi connectivity index (χ2v) is 5.56. The highest BCUT2D eigenvalue weighted by Crippen LogP contribution is 2.33. The molecule has 0 bridgehead atoms. The molecule has 1 aromatic heterocycles. The van der Waals surface area contributed by atoms with Crippen molar-refractivity contribution in [1.82, 2.24) is 4.98 Å². The first kappa shape index (κ1) is 17.6. The van der Waals surface area contributed by atoms with Crippen molar-refractivity contribution in [3.05, 3.63) is 83.6 Å². The summed E-state index contributed by atoms with van der Waals surface area (Å²) >= 11 is 0. The lowest BCUT2D eigenvalue weighted by molar-refractivity contribution is -0.137. The molecular formula is C21H14F3NO. The number of terminal acetylenes is 1. The van der Waals surface area contributed by atoms with Crippen molar-refractivity contribution < 1.29 is 17.9 Å². The van der Waals surface area contributed by atoms with E-state index in [4.69, 9.17) is 11.2 Å². The van der Waals surface area contributed by atoms with Crippen molar-refractivity contribution in [2.75, 3.05) is 0 Å². The molecular weight excluding hydrogens is 339 g/mol. The highest BCUT2D eigenvalue weighted by molar-refractivity contribution is 5.71. The number of halogens is 3. The lowest BCUT2D eigenvalue weighted by Gasteiger charge is -2.11. The van der Waals surface area contributed by atoms with Gasteiger partial charge in [-0.25, -0.2) is 4.98 Å². The smallest absolute Gasteiger partial charge is 0.416 e. The molecule has 0 aliphatic rings. The van der Waals surface area contributed by atoms with Crippen LogP contribution in [0.25, 0.3) is 11.1 Å². The van der Waals surface area contributed by atoms with Crippen molar-refractivity contribution in [1.29, 1.82) is 0 Å². The molecule has 0 spiro atoms. The maximum atomic E-state index is 12.8. The Kier molecular flexibility index (Phi) is 4.94. The monoisotopic (exact) mass is 353 g/mol. The van der Waals surface area contributed by atoms with E-state index >= 15 is 0 Å². The Morgan fingerprint density at radius 2 is 1.77 bits per heavy atom. The van der Waals surface area contributed by atoms with Crippen molar-refractivity contribution in [3.8, 4) is 29.4 Å². The number of hydrogen-bond acceptors (Lipinski definition) is 2. The van der Waals surface area contributed by atoms with Gasteiger partial charge in [0.2, 0.25) is 5.88 Å². The Morgan fingerprint density at radius 3 is 2.38 bits per heavy atom. The van der Waals surface area contributed by atoms with Gasteiger partial charge >= 0.3 is 6.18 Å². The summed E-state index contributed by atoms with van der Waals surface area (Å²) in [5.74, 6) is 2.73. The van der Waals surface area contributed by atoms with Gasteiger partial charge in [-0.2, -0.15) is 13.2 Å². The van der Waals surface area contributed by atoms with Gasteiger partial charge < -0.3 is 4.74 Å². The van der Waals surface area contributed by atoms with Crippen LogP contribution in [0.5, 0.6) is 5.88 Å². The molecule has 26 heavy (non-hydrogen) atoms. The molecule has 0 saturated heterocycles. The van der Waals surface area contributed by atoms with E-state index in [-0.39, 0.29) is 5.56 Å². The summed E-state index contributed by atoms with van der Waals surface area (Å²) in [5, 5.41) is 0. The van der Waals surface area contributed by atoms with Gasteiger partial charge in [-0.1, -0.05) is 42.3 Å². The average molecular weight is 353 g/mol. The minimum atomic E-state index is -4.43. The fourth-order valence-electron chi connectivity index (χ4n) is 2.45. The molecule has 3 rings (SSSR count). The van der Waals surface area contributed by atoms with Crippen LogP contribution in [0, 0.1) is 12.3 Å². The van der Waals surface area contributed by atoms with E-state index in [1.807, 2.05) is 30.3 Å². The van der Waals surface area contributed by atoms with Crippen molar-refractivity contribution >= 4 is 0 Å². The molecule has 2 aromatic carbocycles. The number of nitrogens with zero attached hydrogens (tertiary/aromatic N) is 1. The van der Waals surface area contributed by atoms with Crippen LogP contribution < -0.4 is 4.74 Å². The lowest BCUT2D eigenvalue weighted by Crippen LogP contribution is -2.05. The topological polar surface area (TPSA) is 22.1 Å². The van der Waals surface area contributed by atoms with E-state index in [0.29, 0.717) is 23.6 Å². The van der Waals surface area contributed by atoms with Gasteiger partial charge in [-0.3, -0.25) is 0 Å². The summed E-state index contributed by atoms with van der Waals surface area (Å²) in [6.45, 7) is 0.378. The van der Waals surface area contributed by atoms with Crippen LogP contribution in [-0.2, 0) is 12.8 Å². The van der Waals surface area contributed by atoms with E-state index < -0.39 is 11.7 Å². The molecule has 3 aromatic rings. The Labute approximate surface area is 149 Å². The van der Waals surface area contributed by atoms with Gasteiger partial charge in [0.25, 0.3) is 0 Å². The SMILES string of the molecule is C#Cc1cc(C(F)(F)F)ccc1-c1ccc(OCc2ccccc2)nc1. The Hall–Kier alpha value is -3.26. The highest BCUT2D eigenvalue weighted by Gasteiger charge is 2.30.